The van der Waals surface area contributed by atoms with Crippen LogP contribution in [0.3, 0.4) is 0 Å². The maximum absolute atomic E-state index is 11.9. The molecule has 20 heavy (non-hydrogen) atoms. The van der Waals surface area contributed by atoms with E-state index in [1.54, 1.807) is 11.9 Å². The van der Waals surface area contributed by atoms with Crippen LogP contribution in [-0.4, -0.2) is 30.5 Å². The molecule has 2 amide bonds. The summed E-state index contributed by atoms with van der Waals surface area (Å²) in [5.74, 6) is 0. The molecule has 0 aliphatic heterocycles. The SMILES string of the molecule is CNC(=O)N(CCC=O)c1ccc2c(c1)c(C)cn2C. The zero-order valence-electron chi connectivity index (χ0n) is 12.0. The van der Waals surface area contributed by atoms with Crippen molar-refractivity contribution in [2.75, 3.05) is 18.5 Å². The summed E-state index contributed by atoms with van der Waals surface area (Å²) in [6.45, 7) is 2.42. The van der Waals surface area contributed by atoms with E-state index in [1.165, 1.54) is 0 Å². The molecule has 0 radical (unpaired) electrons. The van der Waals surface area contributed by atoms with Crippen LogP contribution in [0.1, 0.15) is 12.0 Å². The molecule has 0 aliphatic rings. The van der Waals surface area contributed by atoms with Crippen LogP contribution in [0.15, 0.2) is 24.4 Å². The molecule has 0 spiro atoms. The molecule has 0 fully saturated rings. The molecule has 1 aromatic heterocycles. The number of carbonyl (C=O) groups excluding carboxylic acids is 2. The van der Waals surface area contributed by atoms with Crippen molar-refractivity contribution in [3.8, 4) is 0 Å². The van der Waals surface area contributed by atoms with Gasteiger partial charge in [0.25, 0.3) is 0 Å². The first-order chi connectivity index (χ1) is 9.58. The van der Waals surface area contributed by atoms with Crippen molar-refractivity contribution in [2.45, 2.75) is 13.3 Å². The van der Waals surface area contributed by atoms with Gasteiger partial charge >= 0.3 is 6.03 Å². The van der Waals surface area contributed by atoms with Gasteiger partial charge in [0.05, 0.1) is 0 Å². The summed E-state index contributed by atoms with van der Waals surface area (Å²) in [5, 5.41) is 3.72. The first-order valence-corrected chi connectivity index (χ1v) is 6.57. The van der Waals surface area contributed by atoms with Gasteiger partial charge in [-0.3, -0.25) is 4.90 Å². The number of hydrogen-bond acceptors (Lipinski definition) is 2. The fourth-order valence-electron chi connectivity index (χ4n) is 2.41. The number of aryl methyl sites for hydroxylation is 2. The molecular formula is C15H19N3O2. The minimum Gasteiger partial charge on any atom is -0.350 e. The molecule has 0 aliphatic carbocycles. The van der Waals surface area contributed by atoms with Crippen molar-refractivity contribution in [3.05, 3.63) is 30.0 Å². The molecule has 0 saturated carbocycles. The van der Waals surface area contributed by atoms with Crippen LogP contribution in [0, 0.1) is 6.92 Å². The van der Waals surface area contributed by atoms with Gasteiger partial charge in [-0.2, -0.15) is 0 Å². The highest BCUT2D eigenvalue weighted by Crippen LogP contribution is 2.26. The molecule has 2 aromatic rings. The van der Waals surface area contributed by atoms with Gasteiger partial charge in [0.1, 0.15) is 6.29 Å². The molecule has 0 saturated heterocycles. The lowest BCUT2D eigenvalue weighted by molar-refractivity contribution is -0.107. The van der Waals surface area contributed by atoms with Crippen LogP contribution in [-0.2, 0) is 11.8 Å². The Kier molecular flexibility index (Phi) is 4.08. The molecule has 0 bridgehead atoms. The maximum Gasteiger partial charge on any atom is 0.321 e. The Morgan fingerprint density at radius 1 is 1.45 bits per heavy atom. The van der Waals surface area contributed by atoms with Crippen molar-refractivity contribution < 1.29 is 9.59 Å². The van der Waals surface area contributed by atoms with Crippen molar-refractivity contribution in [1.29, 1.82) is 0 Å². The van der Waals surface area contributed by atoms with E-state index in [0.717, 1.165) is 28.4 Å². The highest BCUT2D eigenvalue weighted by atomic mass is 16.2. The molecular weight excluding hydrogens is 254 g/mol. The minimum atomic E-state index is -0.209. The quantitative estimate of drug-likeness (QED) is 0.868. The standard InChI is InChI=1S/C15H19N3O2/c1-11-10-17(3)14-6-5-12(9-13(11)14)18(7-4-8-19)15(20)16-2/h5-6,8-10H,4,7H2,1-3H3,(H,16,20). The minimum absolute atomic E-state index is 0.209. The first-order valence-electron chi connectivity index (χ1n) is 6.57. The zero-order chi connectivity index (χ0) is 14.7. The second kappa shape index (κ2) is 5.77. The summed E-state index contributed by atoms with van der Waals surface area (Å²) < 4.78 is 2.06. The summed E-state index contributed by atoms with van der Waals surface area (Å²) in [6, 6.07) is 5.68. The molecule has 1 aromatic carbocycles. The van der Waals surface area contributed by atoms with Gasteiger partial charge in [-0.25, -0.2) is 4.79 Å². The van der Waals surface area contributed by atoms with E-state index in [1.807, 2.05) is 32.2 Å². The molecule has 0 atom stereocenters. The molecule has 1 N–H and O–H groups in total. The largest absolute Gasteiger partial charge is 0.350 e. The lowest BCUT2D eigenvalue weighted by Crippen LogP contribution is -2.38. The summed E-state index contributed by atoms with van der Waals surface area (Å²) in [7, 11) is 3.58. The fourth-order valence-corrected chi connectivity index (χ4v) is 2.41. The monoisotopic (exact) mass is 273 g/mol. The van der Waals surface area contributed by atoms with Crippen molar-refractivity contribution >= 4 is 28.9 Å². The predicted molar refractivity (Wildman–Crippen MR) is 80.1 cm³/mol. The summed E-state index contributed by atoms with van der Waals surface area (Å²) >= 11 is 0. The van der Waals surface area contributed by atoms with E-state index in [-0.39, 0.29) is 6.03 Å². The number of nitrogens with one attached hydrogen (secondary N) is 1. The maximum atomic E-state index is 11.9. The van der Waals surface area contributed by atoms with Crippen LogP contribution >= 0.6 is 0 Å². The average molecular weight is 273 g/mol. The van der Waals surface area contributed by atoms with Crippen molar-refractivity contribution in [2.24, 2.45) is 7.05 Å². The normalized spacial score (nSPS) is 10.6. The van der Waals surface area contributed by atoms with Gasteiger partial charge in [0.15, 0.2) is 0 Å². The van der Waals surface area contributed by atoms with E-state index in [2.05, 4.69) is 16.1 Å². The molecule has 0 unspecified atom stereocenters. The zero-order valence-corrected chi connectivity index (χ0v) is 12.0. The Labute approximate surface area is 118 Å². The molecule has 5 nitrogen and oxygen atoms in total. The third-order valence-electron chi connectivity index (χ3n) is 3.41. The van der Waals surface area contributed by atoms with E-state index in [9.17, 15) is 9.59 Å². The number of aldehydes is 1. The number of rotatable bonds is 4. The Bertz CT molecular complexity index is 646. The number of anilines is 1. The smallest absolute Gasteiger partial charge is 0.321 e. The second-order valence-corrected chi connectivity index (χ2v) is 4.79. The number of benzene rings is 1. The van der Waals surface area contributed by atoms with Crippen LogP contribution < -0.4 is 10.2 Å². The highest BCUT2D eigenvalue weighted by Gasteiger charge is 2.15. The Balaban J connectivity index is 2.44. The van der Waals surface area contributed by atoms with Gasteiger partial charge < -0.3 is 14.7 Å². The predicted octanol–water partition coefficient (Wildman–Crippen LogP) is 2.22. The topological polar surface area (TPSA) is 54.3 Å². The van der Waals surface area contributed by atoms with Crippen LogP contribution in [0.4, 0.5) is 10.5 Å². The first kappa shape index (κ1) is 14.1. The van der Waals surface area contributed by atoms with Crippen LogP contribution in [0.5, 0.6) is 0 Å². The lowest BCUT2D eigenvalue weighted by Gasteiger charge is -2.21. The molecule has 5 heteroatoms. The third kappa shape index (κ3) is 2.52. The third-order valence-corrected chi connectivity index (χ3v) is 3.41. The number of amides is 2. The number of hydrogen-bond donors (Lipinski definition) is 1. The molecule has 1 heterocycles. The van der Waals surface area contributed by atoms with E-state index >= 15 is 0 Å². The fraction of sp³-hybridized carbons (Fsp3) is 0.333. The molecule has 106 valence electrons. The second-order valence-electron chi connectivity index (χ2n) is 4.79. The Morgan fingerprint density at radius 2 is 2.20 bits per heavy atom. The highest BCUT2D eigenvalue weighted by molar-refractivity contribution is 5.95. The summed E-state index contributed by atoms with van der Waals surface area (Å²) in [4.78, 5) is 24.1. The van der Waals surface area contributed by atoms with Gasteiger partial charge in [0, 0.05) is 49.8 Å². The van der Waals surface area contributed by atoms with E-state index < -0.39 is 0 Å². The number of nitrogens with zero attached hydrogens (tertiary/aromatic N) is 2. The van der Waals surface area contributed by atoms with Crippen LogP contribution in [0.2, 0.25) is 0 Å². The number of urea groups is 1. The number of fused-ring (bicyclic) bond motifs is 1. The van der Waals surface area contributed by atoms with E-state index in [4.69, 9.17) is 0 Å². The van der Waals surface area contributed by atoms with Gasteiger partial charge in [-0.1, -0.05) is 0 Å². The molecule has 2 rings (SSSR count). The van der Waals surface area contributed by atoms with Crippen molar-refractivity contribution in [3.63, 3.8) is 0 Å². The number of carbonyl (C=O) groups is 2. The van der Waals surface area contributed by atoms with Gasteiger partial charge in [-0.05, 0) is 30.7 Å². The number of aromatic nitrogens is 1. The van der Waals surface area contributed by atoms with E-state index in [0.29, 0.717) is 13.0 Å². The Hall–Kier alpha value is -2.30. The van der Waals surface area contributed by atoms with Gasteiger partial charge in [-0.15, -0.1) is 0 Å². The van der Waals surface area contributed by atoms with Crippen LogP contribution in [0.25, 0.3) is 10.9 Å². The Morgan fingerprint density at radius 3 is 2.85 bits per heavy atom. The van der Waals surface area contributed by atoms with Gasteiger partial charge in [0.2, 0.25) is 0 Å². The summed E-state index contributed by atoms with van der Waals surface area (Å²) in [5.41, 5.74) is 3.09. The summed E-state index contributed by atoms with van der Waals surface area (Å²) in [6.07, 6.45) is 3.20. The van der Waals surface area contributed by atoms with Crippen molar-refractivity contribution in [1.82, 2.24) is 9.88 Å². The lowest BCUT2D eigenvalue weighted by atomic mass is 10.1. The average Bonchev–Trinajstić information content (AvgIpc) is 2.74.